The first-order valence-electron chi connectivity index (χ1n) is 5.79. The first-order valence-corrected chi connectivity index (χ1v) is 6.60. The Balaban J connectivity index is 2.31. The third kappa shape index (κ3) is 3.41. The van der Waals surface area contributed by atoms with Crippen LogP contribution >= 0.6 is 11.8 Å². The third-order valence-electron chi connectivity index (χ3n) is 2.39. The minimum Gasteiger partial charge on any atom is -0.390 e. The first kappa shape index (κ1) is 14.2. The summed E-state index contributed by atoms with van der Waals surface area (Å²) in [5.74, 6) is -0.642. The van der Waals surface area contributed by atoms with Crippen LogP contribution in [0, 0.1) is 17.0 Å². The number of rotatable bonds is 5. The Bertz CT molecular complexity index is 651. The number of aryl methyl sites for hydroxylation is 1. The van der Waals surface area contributed by atoms with Crippen LogP contribution in [0.3, 0.4) is 0 Å². The normalized spacial score (nSPS) is 10.5. The van der Waals surface area contributed by atoms with Crippen molar-refractivity contribution in [1.29, 1.82) is 0 Å². The zero-order valence-electron chi connectivity index (χ0n) is 10.9. The van der Waals surface area contributed by atoms with Gasteiger partial charge in [0.2, 0.25) is 0 Å². The average molecular weight is 292 g/mol. The van der Waals surface area contributed by atoms with Crippen LogP contribution in [-0.4, -0.2) is 25.5 Å². The molecule has 20 heavy (non-hydrogen) atoms. The van der Waals surface area contributed by atoms with E-state index in [2.05, 4.69) is 10.1 Å². The number of hydrogen-bond acceptors (Lipinski definition) is 6. The van der Waals surface area contributed by atoms with E-state index >= 15 is 0 Å². The number of carbonyl (C=O) groups is 1. The van der Waals surface area contributed by atoms with Crippen LogP contribution in [0.25, 0.3) is 0 Å². The summed E-state index contributed by atoms with van der Waals surface area (Å²) in [5.41, 5.74) is 1.12. The van der Waals surface area contributed by atoms with Crippen molar-refractivity contribution in [1.82, 2.24) is 14.8 Å². The Hall–Kier alpha value is -2.22. The van der Waals surface area contributed by atoms with Crippen LogP contribution in [-0.2, 0) is 11.3 Å². The molecule has 1 heterocycles. The zero-order valence-corrected chi connectivity index (χ0v) is 11.8. The van der Waals surface area contributed by atoms with Gasteiger partial charge >= 0.3 is 5.95 Å². The fraction of sp³-hybridized carbons (Fsp3) is 0.250. The van der Waals surface area contributed by atoms with E-state index in [4.69, 9.17) is 0 Å². The van der Waals surface area contributed by atoms with E-state index in [9.17, 15) is 14.9 Å². The zero-order chi connectivity index (χ0) is 14.7. The second-order valence-electron chi connectivity index (χ2n) is 4.23. The molecule has 0 amide bonds. The lowest BCUT2D eigenvalue weighted by atomic mass is 10.2. The number of ketones is 1. The molecule has 2 rings (SSSR count). The van der Waals surface area contributed by atoms with E-state index in [1.807, 2.05) is 31.2 Å². The molecule has 1 aromatic carbocycles. The van der Waals surface area contributed by atoms with Crippen LogP contribution < -0.4 is 0 Å². The second-order valence-corrected chi connectivity index (χ2v) is 5.27. The highest BCUT2D eigenvalue weighted by Gasteiger charge is 2.23. The van der Waals surface area contributed by atoms with Crippen molar-refractivity contribution in [2.45, 2.75) is 30.4 Å². The molecule has 0 saturated carbocycles. The molecule has 0 spiro atoms. The molecule has 1 aromatic heterocycles. The van der Waals surface area contributed by atoms with E-state index in [1.54, 1.807) is 0 Å². The van der Waals surface area contributed by atoms with Gasteiger partial charge in [-0.1, -0.05) is 17.7 Å². The lowest BCUT2D eigenvalue weighted by Gasteiger charge is -1.99. The highest BCUT2D eigenvalue weighted by atomic mass is 32.2. The fourth-order valence-corrected chi connectivity index (χ4v) is 2.32. The Morgan fingerprint density at radius 2 is 2.05 bits per heavy atom. The van der Waals surface area contributed by atoms with Crippen molar-refractivity contribution < 1.29 is 9.72 Å². The highest BCUT2D eigenvalue weighted by Crippen LogP contribution is 2.27. The maximum absolute atomic E-state index is 11.2. The predicted molar refractivity (Wildman–Crippen MR) is 72.7 cm³/mol. The van der Waals surface area contributed by atoms with Gasteiger partial charge in [-0.15, -0.1) is 0 Å². The number of carbonyl (C=O) groups excluding carboxylic acids is 1. The van der Waals surface area contributed by atoms with Crippen LogP contribution in [0.5, 0.6) is 0 Å². The van der Waals surface area contributed by atoms with Gasteiger partial charge in [0.25, 0.3) is 5.16 Å². The number of benzene rings is 1. The van der Waals surface area contributed by atoms with Gasteiger partial charge in [-0.3, -0.25) is 4.79 Å². The SMILES string of the molecule is CC(=O)Cn1nc([N+](=O)[O-])nc1Sc1ccc(C)cc1. The van der Waals surface area contributed by atoms with E-state index in [0.29, 0.717) is 5.16 Å². The number of nitrogens with zero attached hydrogens (tertiary/aromatic N) is 4. The molecule has 0 N–H and O–H groups in total. The highest BCUT2D eigenvalue weighted by molar-refractivity contribution is 7.99. The summed E-state index contributed by atoms with van der Waals surface area (Å²) >= 11 is 1.24. The first-order chi connectivity index (χ1) is 9.45. The Morgan fingerprint density at radius 3 is 2.60 bits per heavy atom. The van der Waals surface area contributed by atoms with Gasteiger partial charge in [-0.2, -0.15) is 4.68 Å². The van der Waals surface area contributed by atoms with Crippen LogP contribution in [0.15, 0.2) is 34.3 Å². The molecular formula is C12H12N4O3S. The van der Waals surface area contributed by atoms with Crippen molar-refractivity contribution in [3.05, 3.63) is 39.9 Å². The molecule has 0 saturated heterocycles. The summed E-state index contributed by atoms with van der Waals surface area (Å²) in [6.07, 6.45) is 0. The molecule has 0 bridgehead atoms. The van der Waals surface area contributed by atoms with Gasteiger partial charge in [-0.05, 0) is 47.6 Å². The molecule has 0 atom stereocenters. The minimum atomic E-state index is -0.671. The molecule has 0 aliphatic rings. The van der Waals surface area contributed by atoms with Crippen molar-refractivity contribution in [3.63, 3.8) is 0 Å². The van der Waals surface area contributed by atoms with Gasteiger partial charge in [0, 0.05) is 9.99 Å². The van der Waals surface area contributed by atoms with Crippen molar-refractivity contribution >= 4 is 23.5 Å². The van der Waals surface area contributed by atoms with Gasteiger partial charge < -0.3 is 10.1 Å². The number of nitro groups is 1. The smallest absolute Gasteiger partial charge is 0.390 e. The Labute approximate surface area is 119 Å². The Morgan fingerprint density at radius 1 is 1.40 bits per heavy atom. The lowest BCUT2D eigenvalue weighted by Crippen LogP contribution is -2.09. The van der Waals surface area contributed by atoms with E-state index < -0.39 is 10.9 Å². The molecule has 0 fully saturated rings. The van der Waals surface area contributed by atoms with Gasteiger partial charge in [0.05, 0.1) is 0 Å². The summed E-state index contributed by atoms with van der Waals surface area (Å²) in [5, 5.41) is 14.8. The monoisotopic (exact) mass is 292 g/mol. The maximum atomic E-state index is 11.2. The molecule has 0 radical (unpaired) electrons. The standard InChI is InChI=1S/C12H12N4O3S/c1-8-3-5-10(6-4-8)20-12-13-11(16(18)19)14-15(12)7-9(2)17/h3-6H,7H2,1-2H3. The quantitative estimate of drug-likeness (QED) is 0.620. The molecule has 0 aliphatic heterocycles. The summed E-state index contributed by atoms with van der Waals surface area (Å²) in [6.45, 7) is 3.33. The van der Waals surface area contributed by atoms with Crippen molar-refractivity contribution in [2.24, 2.45) is 0 Å². The number of Topliss-reactive ketones (excluding diaryl/α,β-unsaturated/α-hetero) is 1. The second kappa shape index (κ2) is 5.83. The Kier molecular flexibility index (Phi) is 4.14. The number of hydrogen-bond donors (Lipinski definition) is 0. The summed E-state index contributed by atoms with van der Waals surface area (Å²) in [6, 6.07) is 7.64. The van der Waals surface area contributed by atoms with Crippen LogP contribution in [0.2, 0.25) is 0 Å². The number of aromatic nitrogens is 3. The largest absolute Gasteiger partial charge is 0.492 e. The molecule has 2 aromatic rings. The third-order valence-corrected chi connectivity index (χ3v) is 3.38. The van der Waals surface area contributed by atoms with E-state index in [1.165, 1.54) is 23.4 Å². The summed E-state index contributed by atoms with van der Waals surface area (Å²) in [4.78, 5) is 25.9. The maximum Gasteiger partial charge on any atom is 0.492 e. The topological polar surface area (TPSA) is 90.9 Å². The fourth-order valence-electron chi connectivity index (χ4n) is 1.49. The minimum absolute atomic E-state index is 0.0327. The molecule has 8 heteroatoms. The molecule has 104 valence electrons. The summed E-state index contributed by atoms with van der Waals surface area (Å²) < 4.78 is 1.25. The van der Waals surface area contributed by atoms with Gasteiger partial charge in [-0.25, -0.2) is 0 Å². The predicted octanol–water partition coefficient (Wildman–Crippen LogP) is 2.23. The van der Waals surface area contributed by atoms with Crippen molar-refractivity contribution in [2.75, 3.05) is 0 Å². The van der Waals surface area contributed by atoms with Gasteiger partial charge in [0.1, 0.15) is 6.54 Å². The van der Waals surface area contributed by atoms with Crippen LogP contribution in [0.1, 0.15) is 12.5 Å². The lowest BCUT2D eigenvalue weighted by molar-refractivity contribution is -0.394. The average Bonchev–Trinajstić information content (AvgIpc) is 2.75. The molecular weight excluding hydrogens is 280 g/mol. The van der Waals surface area contributed by atoms with Gasteiger partial charge in [0.15, 0.2) is 5.78 Å². The molecule has 0 aliphatic carbocycles. The van der Waals surface area contributed by atoms with E-state index in [0.717, 1.165) is 10.5 Å². The summed E-state index contributed by atoms with van der Waals surface area (Å²) in [7, 11) is 0. The van der Waals surface area contributed by atoms with Crippen molar-refractivity contribution in [3.8, 4) is 0 Å². The molecule has 0 unspecified atom stereocenters. The molecule has 7 nitrogen and oxygen atoms in total. The van der Waals surface area contributed by atoms with Crippen LogP contribution in [0.4, 0.5) is 5.95 Å². The van der Waals surface area contributed by atoms with E-state index in [-0.39, 0.29) is 12.3 Å².